The van der Waals surface area contributed by atoms with E-state index in [1.54, 1.807) is 0 Å². The molecule has 0 bridgehead atoms. The van der Waals surface area contributed by atoms with E-state index in [2.05, 4.69) is 36.3 Å². The van der Waals surface area contributed by atoms with E-state index in [0.29, 0.717) is 0 Å². The van der Waals surface area contributed by atoms with Crippen molar-refractivity contribution in [3.05, 3.63) is 29.7 Å². The summed E-state index contributed by atoms with van der Waals surface area (Å²) in [5.74, 6) is 0.902. The standard InChI is InChI=1S/C14H18N2O/c1-10-3-4-12-11(9-10)16-13(17-12)14(2)5-7-15-8-6-14/h3-4,9,15H,5-8H2,1-2H3. The van der Waals surface area contributed by atoms with E-state index in [9.17, 15) is 0 Å². The third-order valence-electron chi connectivity index (χ3n) is 3.77. The molecule has 0 unspecified atom stereocenters. The Labute approximate surface area is 101 Å². The van der Waals surface area contributed by atoms with Gasteiger partial charge in [0, 0.05) is 5.41 Å². The molecule has 0 saturated carbocycles. The average Bonchev–Trinajstić information content (AvgIpc) is 2.73. The largest absolute Gasteiger partial charge is 0.440 e. The first-order valence-corrected chi connectivity index (χ1v) is 6.26. The number of aryl methyl sites for hydroxylation is 1. The van der Waals surface area contributed by atoms with Gasteiger partial charge < -0.3 is 9.73 Å². The van der Waals surface area contributed by atoms with Gasteiger partial charge in [0.25, 0.3) is 0 Å². The van der Waals surface area contributed by atoms with Gasteiger partial charge in [-0.05, 0) is 50.6 Å². The molecule has 2 aromatic rings. The molecular formula is C14H18N2O. The van der Waals surface area contributed by atoms with Gasteiger partial charge in [-0.2, -0.15) is 0 Å². The van der Waals surface area contributed by atoms with Crippen LogP contribution in [-0.2, 0) is 5.41 Å². The van der Waals surface area contributed by atoms with Gasteiger partial charge in [-0.3, -0.25) is 0 Å². The molecule has 1 saturated heterocycles. The molecule has 1 N–H and O–H groups in total. The highest BCUT2D eigenvalue weighted by Crippen LogP contribution is 2.34. The Morgan fingerprint density at radius 2 is 2.06 bits per heavy atom. The van der Waals surface area contributed by atoms with Crippen LogP contribution in [-0.4, -0.2) is 18.1 Å². The predicted octanol–water partition coefficient (Wildman–Crippen LogP) is 2.78. The summed E-state index contributed by atoms with van der Waals surface area (Å²) < 4.78 is 5.93. The zero-order valence-corrected chi connectivity index (χ0v) is 10.4. The maximum Gasteiger partial charge on any atom is 0.201 e. The van der Waals surface area contributed by atoms with Gasteiger partial charge >= 0.3 is 0 Å². The third-order valence-corrected chi connectivity index (χ3v) is 3.77. The lowest BCUT2D eigenvalue weighted by Crippen LogP contribution is -2.37. The van der Waals surface area contributed by atoms with E-state index in [1.165, 1.54) is 5.56 Å². The fourth-order valence-corrected chi connectivity index (χ4v) is 2.49. The Morgan fingerprint density at radius 3 is 2.82 bits per heavy atom. The minimum Gasteiger partial charge on any atom is -0.440 e. The topological polar surface area (TPSA) is 38.1 Å². The predicted molar refractivity (Wildman–Crippen MR) is 68.2 cm³/mol. The molecule has 1 aromatic carbocycles. The number of rotatable bonds is 1. The number of aromatic nitrogens is 1. The second-order valence-corrected chi connectivity index (χ2v) is 5.30. The summed E-state index contributed by atoms with van der Waals surface area (Å²) in [4.78, 5) is 4.67. The minimum atomic E-state index is 0.0954. The molecule has 3 nitrogen and oxygen atoms in total. The van der Waals surface area contributed by atoms with Crippen LogP contribution in [0.2, 0.25) is 0 Å². The molecule has 2 heterocycles. The zero-order valence-electron chi connectivity index (χ0n) is 10.4. The maximum absolute atomic E-state index is 5.93. The van der Waals surface area contributed by atoms with Crippen LogP contribution in [0.1, 0.15) is 31.2 Å². The summed E-state index contributed by atoms with van der Waals surface area (Å²) in [5, 5.41) is 3.38. The summed E-state index contributed by atoms with van der Waals surface area (Å²) in [7, 11) is 0. The highest BCUT2D eigenvalue weighted by atomic mass is 16.3. The molecule has 90 valence electrons. The van der Waals surface area contributed by atoms with E-state index in [0.717, 1.165) is 42.9 Å². The van der Waals surface area contributed by atoms with Crippen molar-refractivity contribution >= 4 is 11.1 Å². The van der Waals surface area contributed by atoms with Crippen molar-refractivity contribution in [2.75, 3.05) is 13.1 Å². The zero-order chi connectivity index (χ0) is 11.9. The monoisotopic (exact) mass is 230 g/mol. The number of piperidine rings is 1. The van der Waals surface area contributed by atoms with Crippen molar-refractivity contribution in [2.45, 2.75) is 32.1 Å². The van der Waals surface area contributed by atoms with E-state index in [4.69, 9.17) is 4.42 Å². The number of hydrogen-bond donors (Lipinski definition) is 1. The van der Waals surface area contributed by atoms with Crippen molar-refractivity contribution in [1.82, 2.24) is 10.3 Å². The van der Waals surface area contributed by atoms with E-state index in [-0.39, 0.29) is 5.41 Å². The summed E-state index contributed by atoms with van der Waals surface area (Å²) in [5.41, 5.74) is 3.22. The summed E-state index contributed by atoms with van der Waals surface area (Å²) in [6.45, 7) is 6.44. The van der Waals surface area contributed by atoms with Crippen molar-refractivity contribution in [1.29, 1.82) is 0 Å². The summed E-state index contributed by atoms with van der Waals surface area (Å²) >= 11 is 0. The van der Waals surface area contributed by atoms with Crippen LogP contribution < -0.4 is 5.32 Å². The molecule has 0 atom stereocenters. The number of nitrogens with zero attached hydrogens (tertiary/aromatic N) is 1. The molecule has 1 fully saturated rings. The molecule has 0 radical (unpaired) electrons. The van der Waals surface area contributed by atoms with Gasteiger partial charge in [0.05, 0.1) is 0 Å². The quantitative estimate of drug-likeness (QED) is 0.818. The first kappa shape index (κ1) is 10.8. The van der Waals surface area contributed by atoms with Gasteiger partial charge in [0.2, 0.25) is 5.89 Å². The number of fused-ring (bicyclic) bond motifs is 1. The average molecular weight is 230 g/mol. The second-order valence-electron chi connectivity index (χ2n) is 5.30. The van der Waals surface area contributed by atoms with E-state index >= 15 is 0 Å². The summed E-state index contributed by atoms with van der Waals surface area (Å²) in [6, 6.07) is 6.18. The number of oxazole rings is 1. The van der Waals surface area contributed by atoms with Gasteiger partial charge in [-0.25, -0.2) is 4.98 Å². The lowest BCUT2D eigenvalue weighted by Gasteiger charge is -2.30. The van der Waals surface area contributed by atoms with Crippen molar-refractivity contribution in [3.63, 3.8) is 0 Å². The molecular weight excluding hydrogens is 212 g/mol. The maximum atomic E-state index is 5.93. The number of benzene rings is 1. The van der Waals surface area contributed by atoms with Crippen LogP contribution in [0.5, 0.6) is 0 Å². The van der Waals surface area contributed by atoms with Gasteiger partial charge in [0.1, 0.15) is 5.52 Å². The highest BCUT2D eigenvalue weighted by molar-refractivity contribution is 5.73. The number of hydrogen-bond acceptors (Lipinski definition) is 3. The number of nitrogens with one attached hydrogen (secondary N) is 1. The Kier molecular flexibility index (Phi) is 2.44. The fourth-order valence-electron chi connectivity index (χ4n) is 2.49. The molecule has 3 heteroatoms. The Balaban J connectivity index is 2.05. The highest BCUT2D eigenvalue weighted by Gasteiger charge is 2.33. The van der Waals surface area contributed by atoms with Crippen LogP contribution >= 0.6 is 0 Å². The van der Waals surface area contributed by atoms with E-state index in [1.807, 2.05) is 6.07 Å². The fraction of sp³-hybridized carbons (Fsp3) is 0.500. The molecule has 1 aliphatic rings. The lowest BCUT2D eigenvalue weighted by atomic mass is 9.81. The van der Waals surface area contributed by atoms with Crippen LogP contribution in [0.15, 0.2) is 22.6 Å². The van der Waals surface area contributed by atoms with Gasteiger partial charge in [-0.1, -0.05) is 13.0 Å². The van der Waals surface area contributed by atoms with E-state index < -0.39 is 0 Å². The van der Waals surface area contributed by atoms with Crippen LogP contribution in [0.25, 0.3) is 11.1 Å². The molecule has 3 rings (SSSR count). The Bertz CT molecular complexity index is 538. The molecule has 17 heavy (non-hydrogen) atoms. The van der Waals surface area contributed by atoms with Crippen molar-refractivity contribution in [3.8, 4) is 0 Å². The van der Waals surface area contributed by atoms with Gasteiger partial charge in [-0.15, -0.1) is 0 Å². The summed E-state index contributed by atoms with van der Waals surface area (Å²) in [6.07, 6.45) is 2.19. The Morgan fingerprint density at radius 1 is 1.29 bits per heavy atom. The lowest BCUT2D eigenvalue weighted by molar-refractivity contribution is 0.275. The smallest absolute Gasteiger partial charge is 0.201 e. The SMILES string of the molecule is Cc1ccc2oc(C3(C)CCNCC3)nc2c1. The van der Waals surface area contributed by atoms with Crippen molar-refractivity contribution < 1.29 is 4.42 Å². The van der Waals surface area contributed by atoms with Gasteiger partial charge in [0.15, 0.2) is 5.58 Å². The second kappa shape index (κ2) is 3.84. The molecule has 0 aliphatic carbocycles. The first-order chi connectivity index (χ1) is 8.17. The molecule has 0 amide bonds. The molecule has 1 aromatic heterocycles. The van der Waals surface area contributed by atoms with Crippen LogP contribution in [0, 0.1) is 6.92 Å². The minimum absolute atomic E-state index is 0.0954. The third kappa shape index (κ3) is 1.84. The Hall–Kier alpha value is -1.35. The normalized spacial score (nSPS) is 19.6. The van der Waals surface area contributed by atoms with Crippen molar-refractivity contribution in [2.24, 2.45) is 0 Å². The molecule has 1 aliphatic heterocycles. The van der Waals surface area contributed by atoms with Crippen LogP contribution in [0.3, 0.4) is 0 Å². The molecule has 0 spiro atoms. The van der Waals surface area contributed by atoms with Crippen LogP contribution in [0.4, 0.5) is 0 Å². The first-order valence-electron chi connectivity index (χ1n) is 6.26.